The van der Waals surface area contributed by atoms with E-state index in [-0.39, 0.29) is 16.6 Å². The maximum atomic E-state index is 7.42. The molecular weight excluding hydrogens is 428 g/mol. The molecule has 7 rings (SSSR count). The summed E-state index contributed by atoms with van der Waals surface area (Å²) in [4.78, 5) is 6.81. The van der Waals surface area contributed by atoms with Crippen LogP contribution in [0.2, 0.25) is 0 Å². The lowest BCUT2D eigenvalue weighted by Gasteiger charge is -2.54. The molecule has 6 atom stereocenters. The van der Waals surface area contributed by atoms with E-state index in [1.165, 1.54) is 73.3 Å². The largest absolute Gasteiger partial charge is 0.359 e. The van der Waals surface area contributed by atoms with E-state index < -0.39 is 0 Å². The van der Waals surface area contributed by atoms with Crippen molar-refractivity contribution in [1.82, 2.24) is 9.88 Å². The molecule has 3 heterocycles. The Morgan fingerprint density at radius 1 is 1.03 bits per heavy atom. The molecule has 35 heavy (non-hydrogen) atoms. The van der Waals surface area contributed by atoms with Crippen molar-refractivity contribution < 1.29 is 4.74 Å². The van der Waals surface area contributed by atoms with Crippen LogP contribution >= 0.6 is 0 Å². The smallest absolute Gasteiger partial charge is 0.0974 e. The molecule has 3 fully saturated rings. The first kappa shape index (κ1) is 23.4. The van der Waals surface area contributed by atoms with Gasteiger partial charge in [0.05, 0.1) is 11.2 Å². The van der Waals surface area contributed by atoms with Crippen molar-refractivity contribution in [3.05, 3.63) is 65.5 Å². The molecule has 0 radical (unpaired) electrons. The van der Waals surface area contributed by atoms with E-state index in [0.717, 1.165) is 0 Å². The lowest BCUT2D eigenvalue weighted by molar-refractivity contribution is -0.139. The van der Waals surface area contributed by atoms with Crippen LogP contribution in [-0.2, 0) is 4.74 Å². The monoisotopic (exact) mass is 470 g/mol. The molecular formula is C32H42N2O. The van der Waals surface area contributed by atoms with Gasteiger partial charge in [0.15, 0.2) is 0 Å². The van der Waals surface area contributed by atoms with E-state index in [1.54, 1.807) is 5.57 Å². The maximum absolute atomic E-state index is 7.42. The van der Waals surface area contributed by atoms with E-state index in [0.29, 0.717) is 17.9 Å². The normalized spacial score (nSPS) is 39.2. The summed E-state index contributed by atoms with van der Waals surface area (Å²) >= 11 is 0. The molecule has 2 spiro atoms. The van der Waals surface area contributed by atoms with Crippen molar-refractivity contribution in [3.63, 3.8) is 0 Å². The van der Waals surface area contributed by atoms with E-state index in [2.05, 4.69) is 67.3 Å². The summed E-state index contributed by atoms with van der Waals surface area (Å²) in [5, 5.41) is 2.56. The maximum Gasteiger partial charge on any atom is 0.0974 e. The van der Waals surface area contributed by atoms with Crippen LogP contribution in [0.4, 0.5) is 0 Å². The van der Waals surface area contributed by atoms with Gasteiger partial charge in [0.2, 0.25) is 0 Å². The topological polar surface area (TPSA) is 25.4 Å². The number of aromatic nitrogens is 1. The first-order chi connectivity index (χ1) is 16.9. The first-order valence-corrected chi connectivity index (χ1v) is 14.1. The number of hydrogen-bond donors (Lipinski definition) is 0. The second-order valence-corrected chi connectivity index (χ2v) is 12.0. The van der Waals surface area contributed by atoms with Crippen molar-refractivity contribution in [1.29, 1.82) is 0 Å². The van der Waals surface area contributed by atoms with E-state index >= 15 is 0 Å². The number of allylic oxidation sites excluding steroid dienone is 1. The molecule has 2 aromatic rings. The third-order valence-corrected chi connectivity index (χ3v) is 10.5. The van der Waals surface area contributed by atoms with Crippen molar-refractivity contribution in [2.45, 2.75) is 95.3 Å². The third kappa shape index (κ3) is 3.27. The minimum Gasteiger partial charge on any atom is -0.359 e. The summed E-state index contributed by atoms with van der Waals surface area (Å²) in [7, 11) is 4.49. The van der Waals surface area contributed by atoms with Gasteiger partial charge in [-0.2, -0.15) is 0 Å². The van der Waals surface area contributed by atoms with E-state index in [9.17, 15) is 0 Å². The van der Waals surface area contributed by atoms with E-state index in [4.69, 9.17) is 4.74 Å². The van der Waals surface area contributed by atoms with Crippen molar-refractivity contribution in [2.75, 3.05) is 14.1 Å². The van der Waals surface area contributed by atoms with Gasteiger partial charge in [0.25, 0.3) is 0 Å². The van der Waals surface area contributed by atoms with Crippen LogP contribution in [0.5, 0.6) is 0 Å². The summed E-state index contributed by atoms with van der Waals surface area (Å²) in [5.74, 6) is 1.20. The minimum absolute atomic E-state index is 0.00448. The highest BCUT2D eigenvalue weighted by Gasteiger charge is 2.66. The summed E-state index contributed by atoms with van der Waals surface area (Å²) in [6.07, 6.45) is 18.9. The molecule has 3 aliphatic carbocycles. The van der Waals surface area contributed by atoms with Crippen LogP contribution in [0.25, 0.3) is 10.8 Å². The highest BCUT2D eigenvalue weighted by atomic mass is 16.5. The molecule has 1 aromatic carbocycles. The number of nitrogens with zero attached hydrogens (tertiary/aromatic N) is 2. The number of ether oxygens (including phenoxy) is 1. The molecule has 3 nitrogen and oxygen atoms in total. The van der Waals surface area contributed by atoms with Crippen LogP contribution < -0.4 is 0 Å². The van der Waals surface area contributed by atoms with Gasteiger partial charge in [-0.05, 0) is 117 Å². The van der Waals surface area contributed by atoms with Gasteiger partial charge in [-0.15, -0.1) is 0 Å². The van der Waals surface area contributed by atoms with Gasteiger partial charge in [0, 0.05) is 23.8 Å². The first-order valence-electron chi connectivity index (χ1n) is 14.1. The average molecular weight is 471 g/mol. The Balaban J connectivity index is 0.00000112. The number of pyridine rings is 1. The fraction of sp³-hybridized carbons (Fsp3) is 0.594. The van der Waals surface area contributed by atoms with Gasteiger partial charge in [-0.1, -0.05) is 45.1 Å². The minimum atomic E-state index is -0.0577. The third-order valence-electron chi connectivity index (χ3n) is 10.5. The van der Waals surface area contributed by atoms with Gasteiger partial charge in [-0.3, -0.25) is 4.98 Å². The Morgan fingerprint density at radius 2 is 1.89 bits per heavy atom. The second kappa shape index (κ2) is 8.28. The molecule has 5 aliphatic rings. The average Bonchev–Trinajstić information content (AvgIpc) is 3.39. The van der Waals surface area contributed by atoms with Gasteiger partial charge < -0.3 is 9.64 Å². The SMILES string of the molecule is CC.CN(C)[C@H]1CCC2=CC3=CC[C@]4(C)[C@@H](c5ccc6ccncc6c5)CC[C@H]4[C@@]34CC[C@]2(C1)O4. The number of hydrogen-bond acceptors (Lipinski definition) is 3. The zero-order valence-electron chi connectivity index (χ0n) is 22.3. The Morgan fingerprint density at radius 3 is 2.71 bits per heavy atom. The zero-order chi connectivity index (χ0) is 24.4. The van der Waals surface area contributed by atoms with Crippen LogP contribution in [-0.4, -0.2) is 41.2 Å². The molecule has 0 N–H and O–H groups in total. The van der Waals surface area contributed by atoms with Gasteiger partial charge in [0.1, 0.15) is 0 Å². The highest BCUT2D eigenvalue weighted by Crippen LogP contribution is 2.69. The van der Waals surface area contributed by atoms with Crippen molar-refractivity contribution in [3.8, 4) is 0 Å². The number of rotatable bonds is 2. The Kier molecular flexibility index (Phi) is 5.54. The Hall–Kier alpha value is -1.97. The van der Waals surface area contributed by atoms with Crippen molar-refractivity contribution >= 4 is 10.8 Å². The molecule has 0 amide bonds. The quantitative estimate of drug-likeness (QED) is 0.456. The predicted molar refractivity (Wildman–Crippen MR) is 145 cm³/mol. The lowest BCUT2D eigenvalue weighted by Crippen LogP contribution is -2.55. The summed E-state index contributed by atoms with van der Waals surface area (Å²) < 4.78 is 7.42. The molecule has 3 heteroatoms. The molecule has 2 bridgehead atoms. The highest BCUT2D eigenvalue weighted by molar-refractivity contribution is 5.82. The molecule has 0 unspecified atom stereocenters. The predicted octanol–water partition coefficient (Wildman–Crippen LogP) is 7.43. The zero-order valence-corrected chi connectivity index (χ0v) is 22.3. The van der Waals surface area contributed by atoms with Gasteiger partial charge >= 0.3 is 0 Å². The van der Waals surface area contributed by atoms with Crippen LogP contribution in [0, 0.1) is 11.3 Å². The van der Waals surface area contributed by atoms with Crippen LogP contribution in [0.3, 0.4) is 0 Å². The van der Waals surface area contributed by atoms with Crippen molar-refractivity contribution in [2.24, 2.45) is 11.3 Å². The summed E-state index contributed by atoms with van der Waals surface area (Å²) in [6.45, 7) is 6.57. The molecule has 2 saturated carbocycles. The second-order valence-electron chi connectivity index (χ2n) is 12.0. The standard InChI is InChI=1S/C30H36N2O.C2H6/c1-28-12-10-24-17-23-6-7-25(32(2)3)18-29(23)13-14-30(24,33-29)27(28)9-8-26(28)21-5-4-20-11-15-31-19-22(20)16-21;1-2/h4-5,10-11,15-17,19,25-27H,6-9,12-14,18H2,1-3H3;1-2H3/t25-,26+,27+,28+,29+,30+;/m0./s1. The summed E-state index contributed by atoms with van der Waals surface area (Å²) in [5.41, 5.74) is 4.82. The number of benzene rings is 1. The lowest BCUT2D eigenvalue weighted by atomic mass is 9.58. The number of fused-ring (bicyclic) bond motifs is 2. The molecule has 1 aromatic heterocycles. The molecule has 1 saturated heterocycles. The Bertz CT molecular complexity index is 1200. The molecule has 186 valence electrons. The molecule has 2 aliphatic heterocycles. The van der Waals surface area contributed by atoms with E-state index in [1.807, 2.05) is 26.2 Å². The Labute approximate surface area is 211 Å². The fourth-order valence-electron chi connectivity index (χ4n) is 8.69. The summed E-state index contributed by atoms with van der Waals surface area (Å²) in [6, 6.07) is 9.86. The van der Waals surface area contributed by atoms with Crippen LogP contribution in [0.1, 0.15) is 83.6 Å². The van der Waals surface area contributed by atoms with Crippen LogP contribution in [0.15, 0.2) is 60.0 Å². The fourth-order valence-corrected chi connectivity index (χ4v) is 8.69. The van der Waals surface area contributed by atoms with Gasteiger partial charge in [-0.25, -0.2) is 0 Å².